The van der Waals surface area contributed by atoms with E-state index in [2.05, 4.69) is 36.9 Å². The normalized spacial score (nSPS) is 15.0. The summed E-state index contributed by atoms with van der Waals surface area (Å²) in [4.78, 5) is 9.05. The molecule has 0 radical (unpaired) electrons. The Bertz CT molecular complexity index is 1160. The van der Waals surface area contributed by atoms with Crippen LogP contribution in [0.3, 0.4) is 0 Å². The predicted octanol–water partition coefficient (Wildman–Crippen LogP) is 2.92. The molecular formula is C22H25FN8. The van der Waals surface area contributed by atoms with Crippen LogP contribution in [0.2, 0.25) is 0 Å². The Morgan fingerprint density at radius 2 is 2.06 bits per heavy atom. The highest BCUT2D eigenvalue weighted by atomic mass is 19.1. The Morgan fingerprint density at radius 3 is 2.94 bits per heavy atom. The summed E-state index contributed by atoms with van der Waals surface area (Å²) in [5, 5.41) is 16.1. The topological polar surface area (TPSA) is 86.3 Å². The van der Waals surface area contributed by atoms with E-state index in [1.54, 1.807) is 18.3 Å². The van der Waals surface area contributed by atoms with Gasteiger partial charge in [0, 0.05) is 19.2 Å². The summed E-state index contributed by atoms with van der Waals surface area (Å²) >= 11 is 0. The Kier molecular flexibility index (Phi) is 5.66. The monoisotopic (exact) mass is 420 g/mol. The number of aryl methyl sites for hydroxylation is 1. The number of hydrogen-bond acceptors (Lipinski definition) is 6. The minimum absolute atomic E-state index is 0.331. The molecule has 9 heteroatoms. The van der Waals surface area contributed by atoms with Crippen LogP contribution in [-0.4, -0.2) is 47.8 Å². The van der Waals surface area contributed by atoms with Crippen LogP contribution < -0.4 is 5.32 Å². The van der Waals surface area contributed by atoms with Gasteiger partial charge in [0.15, 0.2) is 11.2 Å². The van der Waals surface area contributed by atoms with Crippen molar-refractivity contribution in [2.75, 3.05) is 13.1 Å². The molecule has 1 aromatic carbocycles. The van der Waals surface area contributed by atoms with Gasteiger partial charge in [0.1, 0.15) is 11.6 Å². The molecule has 1 N–H and O–H groups in total. The Labute approximate surface area is 179 Å². The average Bonchev–Trinajstić information content (AvgIpc) is 3.41. The third-order valence-corrected chi connectivity index (χ3v) is 5.80. The van der Waals surface area contributed by atoms with Crippen LogP contribution in [0.1, 0.15) is 37.1 Å². The Balaban J connectivity index is 1.26. The molecule has 4 heterocycles. The van der Waals surface area contributed by atoms with E-state index >= 15 is 0 Å². The fraction of sp³-hybridized carbons (Fsp3) is 0.409. The van der Waals surface area contributed by atoms with E-state index in [0.29, 0.717) is 29.1 Å². The molecule has 1 fully saturated rings. The van der Waals surface area contributed by atoms with Crippen molar-refractivity contribution in [1.29, 1.82) is 0 Å². The second-order valence-electron chi connectivity index (χ2n) is 8.10. The van der Waals surface area contributed by atoms with E-state index in [1.807, 2.05) is 10.9 Å². The molecule has 1 aliphatic heterocycles. The van der Waals surface area contributed by atoms with Crippen LogP contribution >= 0.6 is 0 Å². The molecule has 0 amide bonds. The van der Waals surface area contributed by atoms with Gasteiger partial charge >= 0.3 is 0 Å². The van der Waals surface area contributed by atoms with E-state index in [1.165, 1.54) is 36.1 Å². The minimum Gasteiger partial charge on any atom is -0.317 e. The quantitative estimate of drug-likeness (QED) is 0.495. The second kappa shape index (κ2) is 8.89. The van der Waals surface area contributed by atoms with Crippen molar-refractivity contribution < 1.29 is 4.39 Å². The molecule has 0 spiro atoms. The summed E-state index contributed by atoms with van der Waals surface area (Å²) < 4.78 is 17.2. The molecule has 0 unspecified atom stereocenters. The zero-order chi connectivity index (χ0) is 21.0. The fourth-order valence-corrected chi connectivity index (χ4v) is 4.15. The molecular weight excluding hydrogens is 395 g/mol. The van der Waals surface area contributed by atoms with Crippen molar-refractivity contribution in [2.45, 2.75) is 38.6 Å². The van der Waals surface area contributed by atoms with Crippen molar-refractivity contribution >= 4 is 11.2 Å². The number of nitrogens with one attached hydrogen (secondary N) is 1. The highest BCUT2D eigenvalue weighted by molar-refractivity contribution is 5.70. The minimum atomic E-state index is -0.331. The van der Waals surface area contributed by atoms with Gasteiger partial charge in [0.2, 0.25) is 0 Å². The molecule has 8 nitrogen and oxygen atoms in total. The summed E-state index contributed by atoms with van der Waals surface area (Å²) in [6, 6.07) is 6.21. The Morgan fingerprint density at radius 1 is 1.16 bits per heavy atom. The first-order valence-electron chi connectivity index (χ1n) is 10.8. The highest BCUT2D eigenvalue weighted by Crippen LogP contribution is 2.19. The van der Waals surface area contributed by atoms with Crippen LogP contribution in [0.5, 0.6) is 0 Å². The number of aromatic nitrogens is 7. The molecule has 0 saturated carbocycles. The lowest BCUT2D eigenvalue weighted by Crippen LogP contribution is -2.27. The fourth-order valence-electron chi connectivity index (χ4n) is 4.15. The number of benzene rings is 1. The van der Waals surface area contributed by atoms with Crippen molar-refractivity contribution in [3.8, 4) is 5.69 Å². The van der Waals surface area contributed by atoms with E-state index in [-0.39, 0.29) is 5.82 Å². The maximum absolute atomic E-state index is 13.6. The average molecular weight is 420 g/mol. The smallest absolute Gasteiger partial charge is 0.187 e. The van der Waals surface area contributed by atoms with Crippen LogP contribution in [0, 0.1) is 11.7 Å². The number of fused-ring (bicyclic) bond motifs is 1. The molecule has 0 atom stereocenters. The maximum Gasteiger partial charge on any atom is 0.187 e. The summed E-state index contributed by atoms with van der Waals surface area (Å²) in [5.74, 6) is 1.16. The molecule has 5 rings (SSSR count). The van der Waals surface area contributed by atoms with Gasteiger partial charge in [-0.3, -0.25) is 4.68 Å². The SMILES string of the molecule is Fc1cccc(-n2nnc3cnc(Cc4cnn(CCCC5CCNCC5)c4)nc32)c1. The van der Waals surface area contributed by atoms with Crippen LogP contribution in [0.4, 0.5) is 4.39 Å². The second-order valence-corrected chi connectivity index (χ2v) is 8.10. The van der Waals surface area contributed by atoms with E-state index in [4.69, 9.17) is 0 Å². The van der Waals surface area contributed by atoms with Crippen molar-refractivity contribution in [3.05, 3.63) is 60.1 Å². The van der Waals surface area contributed by atoms with Gasteiger partial charge in [0.05, 0.1) is 18.1 Å². The lowest BCUT2D eigenvalue weighted by molar-refractivity contribution is 0.337. The zero-order valence-electron chi connectivity index (χ0n) is 17.3. The lowest BCUT2D eigenvalue weighted by atomic mass is 9.93. The number of nitrogens with zero attached hydrogens (tertiary/aromatic N) is 7. The third-order valence-electron chi connectivity index (χ3n) is 5.80. The molecule has 4 aromatic rings. The van der Waals surface area contributed by atoms with E-state index in [0.717, 1.165) is 37.5 Å². The molecule has 3 aromatic heterocycles. The zero-order valence-corrected chi connectivity index (χ0v) is 17.3. The van der Waals surface area contributed by atoms with Crippen LogP contribution in [0.15, 0.2) is 42.9 Å². The number of rotatable bonds is 7. The number of hydrogen-bond donors (Lipinski definition) is 1. The van der Waals surface area contributed by atoms with Gasteiger partial charge < -0.3 is 5.32 Å². The maximum atomic E-state index is 13.6. The summed E-state index contributed by atoms with van der Waals surface area (Å²) in [6.45, 7) is 3.23. The van der Waals surface area contributed by atoms with Gasteiger partial charge in [-0.15, -0.1) is 5.10 Å². The van der Waals surface area contributed by atoms with Gasteiger partial charge in [-0.25, -0.2) is 14.4 Å². The highest BCUT2D eigenvalue weighted by Gasteiger charge is 2.13. The predicted molar refractivity (Wildman–Crippen MR) is 114 cm³/mol. The summed E-state index contributed by atoms with van der Waals surface area (Å²) in [5.41, 5.74) is 2.77. The van der Waals surface area contributed by atoms with Crippen molar-refractivity contribution in [1.82, 2.24) is 40.1 Å². The summed E-state index contributed by atoms with van der Waals surface area (Å²) in [7, 11) is 0. The first kappa shape index (κ1) is 19.7. The Hall–Kier alpha value is -3.20. The third kappa shape index (κ3) is 4.61. The standard InChI is InChI=1S/C22H25FN8/c23-18-4-1-5-19(12-18)31-22-20(28-29-31)14-25-21(27-22)11-17-13-26-30(15-17)10-2-3-16-6-8-24-9-7-16/h1,4-5,12-16,24H,2-3,6-11H2. The van der Waals surface area contributed by atoms with E-state index in [9.17, 15) is 4.39 Å². The number of halogens is 1. The molecule has 1 aliphatic rings. The lowest BCUT2D eigenvalue weighted by Gasteiger charge is -2.22. The first-order chi connectivity index (χ1) is 15.2. The molecule has 0 aliphatic carbocycles. The van der Waals surface area contributed by atoms with E-state index < -0.39 is 0 Å². The molecule has 0 bridgehead atoms. The van der Waals surface area contributed by atoms with Crippen molar-refractivity contribution in [2.24, 2.45) is 5.92 Å². The van der Waals surface area contributed by atoms with Gasteiger partial charge in [-0.1, -0.05) is 11.3 Å². The van der Waals surface area contributed by atoms with Crippen molar-refractivity contribution in [3.63, 3.8) is 0 Å². The van der Waals surface area contributed by atoms with Gasteiger partial charge in [0.25, 0.3) is 0 Å². The molecule has 1 saturated heterocycles. The van der Waals surface area contributed by atoms with Crippen LogP contribution in [-0.2, 0) is 13.0 Å². The first-order valence-corrected chi connectivity index (χ1v) is 10.8. The number of piperidine rings is 1. The summed E-state index contributed by atoms with van der Waals surface area (Å²) in [6.07, 6.45) is 11.1. The molecule has 31 heavy (non-hydrogen) atoms. The molecule has 160 valence electrons. The largest absolute Gasteiger partial charge is 0.317 e. The van der Waals surface area contributed by atoms with Gasteiger partial charge in [-0.05, 0) is 68.5 Å². The van der Waals surface area contributed by atoms with Gasteiger partial charge in [-0.2, -0.15) is 9.78 Å². The van der Waals surface area contributed by atoms with Crippen LogP contribution in [0.25, 0.3) is 16.9 Å².